The molecular formula is C13H24N4O2. The minimum absolute atomic E-state index is 0.405. The fraction of sp³-hybridized carbons (Fsp3) is 0.692. The van der Waals surface area contributed by atoms with Gasteiger partial charge in [0.1, 0.15) is 11.6 Å². The molecule has 0 aliphatic carbocycles. The van der Waals surface area contributed by atoms with Gasteiger partial charge in [0.2, 0.25) is 0 Å². The molecule has 0 amide bonds. The number of hydrogen-bond donors (Lipinski definition) is 3. The molecule has 0 bridgehead atoms. The third-order valence-corrected chi connectivity index (χ3v) is 2.69. The predicted octanol–water partition coefficient (Wildman–Crippen LogP) is 1.50. The topological polar surface area (TPSA) is 79.3 Å². The third kappa shape index (κ3) is 6.35. The summed E-state index contributed by atoms with van der Waals surface area (Å²) in [4.78, 5) is 8.47. The van der Waals surface area contributed by atoms with Crippen LogP contribution in [-0.2, 0) is 4.74 Å². The van der Waals surface area contributed by atoms with Crippen LogP contribution in [0.5, 0.6) is 0 Å². The number of aromatic nitrogens is 2. The highest BCUT2D eigenvalue weighted by atomic mass is 16.5. The fourth-order valence-electron chi connectivity index (χ4n) is 1.48. The number of nitrogens with one attached hydrogen (secondary N) is 2. The molecule has 0 saturated heterocycles. The van der Waals surface area contributed by atoms with Crippen LogP contribution in [0.4, 0.5) is 11.6 Å². The van der Waals surface area contributed by atoms with Crippen molar-refractivity contribution in [3.63, 3.8) is 0 Å². The van der Waals surface area contributed by atoms with Gasteiger partial charge in [0.25, 0.3) is 0 Å². The van der Waals surface area contributed by atoms with Crippen molar-refractivity contribution in [3.05, 3.63) is 12.4 Å². The maximum atomic E-state index is 10.1. The van der Waals surface area contributed by atoms with Crippen LogP contribution in [0.25, 0.3) is 0 Å². The zero-order valence-corrected chi connectivity index (χ0v) is 11.9. The first kappa shape index (κ1) is 15.7. The van der Waals surface area contributed by atoms with Gasteiger partial charge < -0.3 is 20.5 Å². The van der Waals surface area contributed by atoms with Crippen LogP contribution < -0.4 is 10.6 Å². The van der Waals surface area contributed by atoms with Gasteiger partial charge in [-0.3, -0.25) is 4.98 Å². The first-order chi connectivity index (χ1) is 9.07. The minimum atomic E-state index is -0.829. The van der Waals surface area contributed by atoms with E-state index in [1.807, 2.05) is 0 Å². The average Bonchev–Trinajstić information content (AvgIpc) is 2.41. The van der Waals surface area contributed by atoms with Crippen LogP contribution in [0.2, 0.25) is 0 Å². The lowest BCUT2D eigenvalue weighted by Gasteiger charge is -2.23. The molecule has 1 unspecified atom stereocenters. The Balaban J connectivity index is 2.48. The molecule has 6 heteroatoms. The van der Waals surface area contributed by atoms with E-state index in [4.69, 9.17) is 4.74 Å². The Morgan fingerprint density at radius 1 is 1.32 bits per heavy atom. The first-order valence-electron chi connectivity index (χ1n) is 6.58. The van der Waals surface area contributed by atoms with E-state index < -0.39 is 5.60 Å². The monoisotopic (exact) mass is 268 g/mol. The standard InChI is InChI=1S/C13H24N4O2/c1-4-6-15-11-8-14-9-12(17-11)16-10-13(2,18)5-7-19-3/h8-9,18H,4-7,10H2,1-3H3,(H2,15,16,17). The van der Waals surface area contributed by atoms with E-state index in [1.165, 1.54) is 0 Å². The van der Waals surface area contributed by atoms with Crippen molar-refractivity contribution in [1.29, 1.82) is 0 Å². The lowest BCUT2D eigenvalue weighted by molar-refractivity contribution is 0.0357. The van der Waals surface area contributed by atoms with E-state index in [0.717, 1.165) is 18.8 Å². The Labute approximate surface area is 114 Å². The van der Waals surface area contributed by atoms with Crippen LogP contribution >= 0.6 is 0 Å². The molecule has 6 nitrogen and oxygen atoms in total. The van der Waals surface area contributed by atoms with Crippen molar-refractivity contribution in [1.82, 2.24) is 9.97 Å². The van der Waals surface area contributed by atoms with Gasteiger partial charge in [0, 0.05) is 33.2 Å². The van der Waals surface area contributed by atoms with Crippen molar-refractivity contribution in [2.24, 2.45) is 0 Å². The molecule has 0 spiro atoms. The molecule has 0 radical (unpaired) electrons. The van der Waals surface area contributed by atoms with Crippen molar-refractivity contribution in [2.75, 3.05) is 37.4 Å². The Morgan fingerprint density at radius 3 is 2.63 bits per heavy atom. The van der Waals surface area contributed by atoms with E-state index in [-0.39, 0.29) is 0 Å². The molecule has 1 aromatic rings. The van der Waals surface area contributed by atoms with E-state index in [2.05, 4.69) is 27.5 Å². The Hall–Kier alpha value is -1.40. The molecule has 0 saturated carbocycles. The summed E-state index contributed by atoms with van der Waals surface area (Å²) in [6.07, 6.45) is 4.93. The summed E-state index contributed by atoms with van der Waals surface area (Å²) in [6, 6.07) is 0. The molecule has 0 fully saturated rings. The Bertz CT molecular complexity index is 371. The van der Waals surface area contributed by atoms with Crippen molar-refractivity contribution in [2.45, 2.75) is 32.3 Å². The summed E-state index contributed by atoms with van der Waals surface area (Å²) in [6.45, 7) is 5.66. The molecule has 19 heavy (non-hydrogen) atoms. The SMILES string of the molecule is CCCNc1cncc(NCC(C)(O)CCOC)n1. The number of methoxy groups -OCH3 is 1. The number of ether oxygens (including phenoxy) is 1. The van der Waals surface area contributed by atoms with Gasteiger partial charge in [0.15, 0.2) is 0 Å². The van der Waals surface area contributed by atoms with Crippen molar-refractivity contribution in [3.8, 4) is 0 Å². The smallest absolute Gasteiger partial charge is 0.147 e. The Morgan fingerprint density at radius 2 is 2.00 bits per heavy atom. The molecule has 1 aromatic heterocycles. The van der Waals surface area contributed by atoms with Crippen LogP contribution in [0.1, 0.15) is 26.7 Å². The fourth-order valence-corrected chi connectivity index (χ4v) is 1.48. The maximum absolute atomic E-state index is 10.1. The van der Waals surface area contributed by atoms with E-state index in [0.29, 0.717) is 25.4 Å². The highest BCUT2D eigenvalue weighted by Gasteiger charge is 2.19. The second-order valence-electron chi connectivity index (χ2n) is 4.81. The molecular weight excluding hydrogens is 244 g/mol. The van der Waals surface area contributed by atoms with Crippen LogP contribution in [0.15, 0.2) is 12.4 Å². The summed E-state index contributed by atoms with van der Waals surface area (Å²) in [5, 5.41) is 16.4. The van der Waals surface area contributed by atoms with Gasteiger partial charge in [-0.05, 0) is 13.3 Å². The quantitative estimate of drug-likeness (QED) is 0.630. The number of aliphatic hydroxyl groups is 1. The molecule has 0 aliphatic rings. The van der Waals surface area contributed by atoms with Crippen LogP contribution in [-0.4, -0.2) is 47.5 Å². The average molecular weight is 268 g/mol. The molecule has 0 aromatic carbocycles. The number of rotatable bonds is 9. The zero-order valence-electron chi connectivity index (χ0n) is 11.9. The summed E-state index contributed by atoms with van der Waals surface area (Å²) in [5.74, 6) is 1.39. The van der Waals surface area contributed by atoms with Gasteiger partial charge in [-0.15, -0.1) is 0 Å². The number of nitrogens with zero attached hydrogens (tertiary/aromatic N) is 2. The second-order valence-corrected chi connectivity index (χ2v) is 4.81. The summed E-state index contributed by atoms with van der Waals surface area (Å²) in [7, 11) is 1.62. The van der Waals surface area contributed by atoms with E-state index >= 15 is 0 Å². The summed E-state index contributed by atoms with van der Waals surface area (Å²) < 4.78 is 4.97. The summed E-state index contributed by atoms with van der Waals surface area (Å²) >= 11 is 0. The largest absolute Gasteiger partial charge is 0.388 e. The molecule has 108 valence electrons. The maximum Gasteiger partial charge on any atom is 0.147 e. The van der Waals surface area contributed by atoms with Gasteiger partial charge >= 0.3 is 0 Å². The van der Waals surface area contributed by atoms with Crippen molar-refractivity contribution >= 4 is 11.6 Å². The normalized spacial score (nSPS) is 13.9. The lowest BCUT2D eigenvalue weighted by atomic mass is 10.0. The van der Waals surface area contributed by atoms with Crippen LogP contribution in [0, 0.1) is 0 Å². The van der Waals surface area contributed by atoms with Gasteiger partial charge in [-0.25, -0.2) is 4.98 Å². The number of hydrogen-bond acceptors (Lipinski definition) is 6. The van der Waals surface area contributed by atoms with Crippen LogP contribution in [0.3, 0.4) is 0 Å². The van der Waals surface area contributed by atoms with E-state index in [9.17, 15) is 5.11 Å². The Kier molecular flexibility index (Phi) is 6.52. The molecule has 1 rings (SSSR count). The molecule has 1 heterocycles. The summed E-state index contributed by atoms with van der Waals surface area (Å²) in [5.41, 5.74) is -0.829. The molecule has 1 atom stereocenters. The van der Waals surface area contributed by atoms with Gasteiger partial charge in [-0.1, -0.05) is 6.92 Å². The highest BCUT2D eigenvalue weighted by molar-refractivity contribution is 5.41. The van der Waals surface area contributed by atoms with E-state index in [1.54, 1.807) is 26.4 Å². The number of anilines is 2. The second kappa shape index (κ2) is 7.91. The minimum Gasteiger partial charge on any atom is -0.388 e. The zero-order chi connectivity index (χ0) is 14.1. The third-order valence-electron chi connectivity index (χ3n) is 2.69. The molecule has 0 aliphatic heterocycles. The first-order valence-corrected chi connectivity index (χ1v) is 6.58. The van der Waals surface area contributed by atoms with Gasteiger partial charge in [-0.2, -0.15) is 0 Å². The predicted molar refractivity (Wildman–Crippen MR) is 76.4 cm³/mol. The molecule has 3 N–H and O–H groups in total. The highest BCUT2D eigenvalue weighted by Crippen LogP contribution is 2.12. The lowest BCUT2D eigenvalue weighted by Crippen LogP contribution is -2.34. The van der Waals surface area contributed by atoms with Crippen molar-refractivity contribution < 1.29 is 9.84 Å². The van der Waals surface area contributed by atoms with Gasteiger partial charge in [0.05, 0.1) is 18.0 Å².